The molecule has 0 saturated carbocycles. The zero-order valence-corrected chi connectivity index (χ0v) is 20.0. The fourth-order valence-electron chi connectivity index (χ4n) is 4.26. The molecule has 1 aliphatic rings. The number of halogens is 2. The van der Waals surface area contributed by atoms with Crippen LogP contribution in [0.4, 0.5) is 0 Å². The predicted octanol–water partition coefficient (Wildman–Crippen LogP) is 5.37. The molecule has 0 amide bonds. The van der Waals surface area contributed by atoms with Gasteiger partial charge in [0.15, 0.2) is 0 Å². The van der Waals surface area contributed by atoms with Gasteiger partial charge >= 0.3 is 5.97 Å². The summed E-state index contributed by atoms with van der Waals surface area (Å²) in [6.45, 7) is 1.98. The molecule has 0 bridgehead atoms. The maximum absolute atomic E-state index is 12.6. The Balaban J connectivity index is 1.55. The van der Waals surface area contributed by atoms with Gasteiger partial charge in [-0.15, -0.1) is 0 Å². The minimum absolute atomic E-state index is 0.305. The number of piperidine rings is 1. The predicted molar refractivity (Wildman–Crippen MR) is 135 cm³/mol. The first-order valence-corrected chi connectivity index (χ1v) is 11.8. The third-order valence-corrected chi connectivity index (χ3v) is 6.63. The molecule has 1 saturated heterocycles. The first-order valence-electron chi connectivity index (χ1n) is 11.0. The van der Waals surface area contributed by atoms with Crippen LogP contribution in [0.3, 0.4) is 0 Å². The highest BCUT2D eigenvalue weighted by molar-refractivity contribution is 6.37. The Morgan fingerprint density at radius 1 is 1.24 bits per heavy atom. The summed E-state index contributed by atoms with van der Waals surface area (Å²) in [5.74, 6) is -0.509. The van der Waals surface area contributed by atoms with Gasteiger partial charge in [-0.1, -0.05) is 23.2 Å². The Labute approximate surface area is 206 Å². The average molecular weight is 496 g/mol. The smallest absolute Gasteiger partial charge is 0.338 e. The quantitative estimate of drug-likeness (QED) is 0.287. The van der Waals surface area contributed by atoms with Crippen molar-refractivity contribution in [3.05, 3.63) is 70.2 Å². The number of rotatable bonds is 5. The molecule has 0 spiro atoms. The van der Waals surface area contributed by atoms with Gasteiger partial charge in [-0.05, 0) is 49.7 Å². The van der Waals surface area contributed by atoms with E-state index in [9.17, 15) is 4.79 Å². The molecule has 1 fully saturated rings. The van der Waals surface area contributed by atoms with Crippen LogP contribution in [-0.4, -0.2) is 45.9 Å². The van der Waals surface area contributed by atoms with Crippen molar-refractivity contribution in [3.8, 4) is 11.1 Å². The molecule has 1 unspecified atom stereocenters. The zero-order chi connectivity index (χ0) is 23.7. The zero-order valence-electron chi connectivity index (χ0n) is 18.5. The number of ether oxygens (including phenoxy) is 1. The van der Waals surface area contributed by atoms with E-state index in [0.29, 0.717) is 32.9 Å². The van der Waals surface area contributed by atoms with Crippen LogP contribution >= 0.6 is 23.2 Å². The van der Waals surface area contributed by atoms with E-state index in [1.54, 1.807) is 30.5 Å². The number of esters is 1. The Kier molecular flexibility index (Phi) is 6.41. The fourth-order valence-corrected chi connectivity index (χ4v) is 4.65. The number of fused-ring (bicyclic) bond motifs is 1. The summed E-state index contributed by atoms with van der Waals surface area (Å²) in [7, 11) is 1.34. The lowest BCUT2D eigenvalue weighted by Gasteiger charge is -2.22. The van der Waals surface area contributed by atoms with Crippen molar-refractivity contribution >= 4 is 51.9 Å². The summed E-state index contributed by atoms with van der Waals surface area (Å²) in [4.78, 5) is 20.4. The van der Waals surface area contributed by atoms with Crippen molar-refractivity contribution in [1.29, 1.82) is 0 Å². The van der Waals surface area contributed by atoms with Crippen LogP contribution < -0.4 is 5.32 Å². The van der Waals surface area contributed by atoms with E-state index in [1.807, 2.05) is 23.1 Å². The van der Waals surface area contributed by atoms with E-state index in [-0.39, 0.29) is 0 Å². The van der Waals surface area contributed by atoms with E-state index in [0.717, 1.165) is 48.0 Å². The lowest BCUT2D eigenvalue weighted by Crippen LogP contribution is -2.31. The van der Waals surface area contributed by atoms with Gasteiger partial charge in [0.1, 0.15) is 5.65 Å². The number of nitrogens with zero attached hydrogens (tertiary/aromatic N) is 3. The molecule has 34 heavy (non-hydrogen) atoms. The molecular formula is C25H23Cl2N5O2. The molecule has 4 heterocycles. The number of H-pyrrole nitrogens is 1. The minimum Gasteiger partial charge on any atom is -0.465 e. The summed E-state index contributed by atoms with van der Waals surface area (Å²) in [6, 6.07) is 7.38. The van der Waals surface area contributed by atoms with E-state index in [2.05, 4.69) is 26.6 Å². The molecule has 1 aromatic carbocycles. The number of aromatic amines is 1. The highest BCUT2D eigenvalue weighted by Gasteiger charge is 2.19. The number of pyridine rings is 1. The number of carbonyl (C=O) groups is 1. The maximum Gasteiger partial charge on any atom is 0.338 e. The molecule has 3 aromatic heterocycles. The number of hydrogen-bond donors (Lipinski definition) is 2. The molecule has 1 atom stereocenters. The van der Waals surface area contributed by atoms with Crippen LogP contribution in [0.25, 0.3) is 33.8 Å². The van der Waals surface area contributed by atoms with Crippen molar-refractivity contribution in [3.63, 3.8) is 0 Å². The van der Waals surface area contributed by atoms with E-state index in [4.69, 9.17) is 27.9 Å². The van der Waals surface area contributed by atoms with Gasteiger partial charge in [0.05, 0.1) is 24.9 Å². The molecule has 0 radical (unpaired) electrons. The first kappa shape index (κ1) is 22.7. The number of benzene rings is 1. The summed E-state index contributed by atoms with van der Waals surface area (Å²) in [5.41, 5.74) is 4.23. The molecule has 7 nitrogen and oxygen atoms in total. The lowest BCUT2D eigenvalue weighted by molar-refractivity contribution is -0.133. The summed E-state index contributed by atoms with van der Waals surface area (Å²) >= 11 is 12.5. The van der Waals surface area contributed by atoms with Crippen LogP contribution in [0.2, 0.25) is 10.0 Å². The molecule has 0 aliphatic carbocycles. The van der Waals surface area contributed by atoms with Gasteiger partial charge in [-0.3, -0.25) is 4.68 Å². The van der Waals surface area contributed by atoms with Crippen molar-refractivity contribution in [1.82, 2.24) is 25.1 Å². The average Bonchev–Trinajstić information content (AvgIpc) is 3.51. The van der Waals surface area contributed by atoms with Crippen molar-refractivity contribution in [2.75, 3.05) is 20.2 Å². The molecule has 5 rings (SSSR count). The Hall–Kier alpha value is -3.13. The Morgan fingerprint density at radius 3 is 2.91 bits per heavy atom. The summed E-state index contributed by atoms with van der Waals surface area (Å²) in [5, 5.41) is 9.76. The van der Waals surface area contributed by atoms with E-state index >= 15 is 0 Å². The van der Waals surface area contributed by atoms with Crippen molar-refractivity contribution in [2.24, 2.45) is 0 Å². The van der Waals surface area contributed by atoms with Gasteiger partial charge in [-0.25, -0.2) is 9.78 Å². The SMILES string of the molecule is COC(=O)/C(=C\c1c[nH]c2ncc(-c3cnn(C4CCCNC4)c3)cc12)c1cc(Cl)ccc1Cl. The van der Waals surface area contributed by atoms with Gasteiger partial charge < -0.3 is 15.0 Å². The second-order valence-corrected chi connectivity index (χ2v) is 9.09. The van der Waals surface area contributed by atoms with Crippen molar-refractivity contribution in [2.45, 2.75) is 18.9 Å². The molecule has 174 valence electrons. The highest BCUT2D eigenvalue weighted by atomic mass is 35.5. The summed E-state index contributed by atoms with van der Waals surface area (Å²) < 4.78 is 7.05. The minimum atomic E-state index is -0.509. The first-order chi connectivity index (χ1) is 16.5. The standard InChI is InChI=1S/C25H23Cl2N5O2/c1-34-25(33)22(21-9-18(26)4-5-23(21)27)8-16-11-30-24-20(16)7-15(10-29-24)17-12-31-32(14-17)19-3-2-6-28-13-19/h4-5,7-12,14,19,28H,2-3,6,13H2,1H3,(H,29,30)/b22-8-. The maximum atomic E-state index is 12.6. The number of aromatic nitrogens is 4. The Bertz CT molecular complexity index is 1390. The molecular weight excluding hydrogens is 473 g/mol. The molecule has 1 aliphatic heterocycles. The second kappa shape index (κ2) is 9.62. The van der Waals surface area contributed by atoms with Crippen LogP contribution in [-0.2, 0) is 9.53 Å². The highest BCUT2D eigenvalue weighted by Crippen LogP contribution is 2.32. The molecule has 9 heteroatoms. The Morgan fingerprint density at radius 2 is 2.12 bits per heavy atom. The normalized spacial score (nSPS) is 16.7. The van der Waals surface area contributed by atoms with Crippen LogP contribution in [0.5, 0.6) is 0 Å². The number of methoxy groups -OCH3 is 1. The van der Waals surface area contributed by atoms with Gasteiger partial charge in [0.2, 0.25) is 0 Å². The molecule has 4 aromatic rings. The summed E-state index contributed by atoms with van der Waals surface area (Å²) in [6.07, 6.45) is 11.6. The largest absolute Gasteiger partial charge is 0.465 e. The number of nitrogens with one attached hydrogen (secondary N) is 2. The van der Waals surface area contributed by atoms with Crippen LogP contribution in [0.15, 0.2) is 49.1 Å². The van der Waals surface area contributed by atoms with Gasteiger partial charge in [0.25, 0.3) is 0 Å². The van der Waals surface area contributed by atoms with Crippen LogP contribution in [0, 0.1) is 0 Å². The topological polar surface area (TPSA) is 84.8 Å². The van der Waals surface area contributed by atoms with E-state index < -0.39 is 5.97 Å². The van der Waals surface area contributed by atoms with Gasteiger partial charge in [0, 0.05) is 62.8 Å². The third kappa shape index (κ3) is 4.46. The third-order valence-electron chi connectivity index (χ3n) is 6.07. The van der Waals surface area contributed by atoms with Crippen LogP contribution in [0.1, 0.15) is 30.0 Å². The second-order valence-electron chi connectivity index (χ2n) is 8.25. The number of hydrogen-bond acceptors (Lipinski definition) is 5. The number of carbonyl (C=O) groups excluding carboxylic acids is 1. The lowest BCUT2D eigenvalue weighted by atomic mass is 10.0. The van der Waals surface area contributed by atoms with Crippen molar-refractivity contribution < 1.29 is 9.53 Å². The van der Waals surface area contributed by atoms with E-state index in [1.165, 1.54) is 7.11 Å². The molecule has 2 N–H and O–H groups in total. The van der Waals surface area contributed by atoms with Gasteiger partial charge in [-0.2, -0.15) is 5.10 Å². The monoisotopic (exact) mass is 495 g/mol. The fraction of sp³-hybridized carbons (Fsp3) is 0.240.